The number of ether oxygens (including phenoxy) is 1. The highest BCUT2D eigenvalue weighted by Crippen LogP contribution is 2.32. The molecule has 0 N–H and O–H groups in total. The maximum absolute atomic E-state index is 13.2. The summed E-state index contributed by atoms with van der Waals surface area (Å²) in [6, 6.07) is 25.7. The molecular weight excluding hydrogens is 380 g/mol. The lowest BCUT2D eigenvalue weighted by molar-refractivity contribution is -0.118. The summed E-state index contributed by atoms with van der Waals surface area (Å²) in [4.78, 5) is 19.8. The molecule has 0 radical (unpaired) electrons. The molecule has 146 valence electrons. The smallest absolute Gasteiger partial charge is 0.233 e. The second kappa shape index (κ2) is 8.88. The van der Waals surface area contributed by atoms with Gasteiger partial charge in [0.15, 0.2) is 5.13 Å². The maximum Gasteiger partial charge on any atom is 0.233 e. The van der Waals surface area contributed by atoms with Gasteiger partial charge in [-0.05, 0) is 36.2 Å². The summed E-state index contributed by atoms with van der Waals surface area (Å²) in [5.74, 6) is 0.851. The van der Waals surface area contributed by atoms with Gasteiger partial charge in [0.1, 0.15) is 5.75 Å². The molecule has 0 unspecified atom stereocenters. The monoisotopic (exact) mass is 402 g/mol. The van der Waals surface area contributed by atoms with Gasteiger partial charge in [-0.3, -0.25) is 9.69 Å². The highest BCUT2D eigenvalue weighted by Gasteiger charge is 2.20. The van der Waals surface area contributed by atoms with E-state index in [-0.39, 0.29) is 5.91 Å². The first kappa shape index (κ1) is 19.2. The first-order chi connectivity index (χ1) is 14.2. The summed E-state index contributed by atoms with van der Waals surface area (Å²) in [7, 11) is 0. The van der Waals surface area contributed by atoms with E-state index in [4.69, 9.17) is 9.72 Å². The van der Waals surface area contributed by atoms with Crippen LogP contribution >= 0.6 is 11.3 Å². The Labute approximate surface area is 174 Å². The number of hydrogen-bond donors (Lipinski definition) is 0. The fourth-order valence-corrected chi connectivity index (χ4v) is 4.17. The Morgan fingerprint density at radius 2 is 1.66 bits per heavy atom. The van der Waals surface area contributed by atoms with E-state index in [0.717, 1.165) is 27.1 Å². The Kier molecular flexibility index (Phi) is 5.86. The zero-order valence-electron chi connectivity index (χ0n) is 16.2. The van der Waals surface area contributed by atoms with Crippen LogP contribution in [-0.4, -0.2) is 17.5 Å². The van der Waals surface area contributed by atoms with Crippen LogP contribution in [0.4, 0.5) is 5.13 Å². The molecule has 0 bridgehead atoms. The van der Waals surface area contributed by atoms with Gasteiger partial charge in [0, 0.05) is 0 Å². The number of benzene rings is 3. The van der Waals surface area contributed by atoms with Gasteiger partial charge in [0.05, 0.1) is 29.8 Å². The van der Waals surface area contributed by atoms with E-state index < -0.39 is 0 Å². The minimum atomic E-state index is 0.0316. The molecule has 1 heterocycles. The summed E-state index contributed by atoms with van der Waals surface area (Å²) in [5, 5.41) is 0.707. The van der Waals surface area contributed by atoms with E-state index in [1.54, 1.807) is 4.90 Å². The fourth-order valence-electron chi connectivity index (χ4n) is 3.16. The van der Waals surface area contributed by atoms with Crippen molar-refractivity contribution in [3.8, 4) is 5.75 Å². The van der Waals surface area contributed by atoms with Crippen LogP contribution in [0.3, 0.4) is 0 Å². The zero-order valence-corrected chi connectivity index (χ0v) is 17.1. The standard InChI is InChI=1S/C24H22N2O2S/c1-2-28-20-13-14-21-22(16-20)29-24(25-21)26(17-19-11-7-4-8-12-19)23(27)15-18-9-5-3-6-10-18/h3-14,16H,2,15,17H2,1H3. The van der Waals surface area contributed by atoms with Crippen molar-refractivity contribution in [2.45, 2.75) is 19.9 Å². The van der Waals surface area contributed by atoms with Crippen molar-refractivity contribution in [1.82, 2.24) is 4.98 Å². The van der Waals surface area contributed by atoms with Crippen molar-refractivity contribution < 1.29 is 9.53 Å². The summed E-state index contributed by atoms with van der Waals surface area (Å²) in [6.45, 7) is 3.07. The lowest BCUT2D eigenvalue weighted by atomic mass is 10.1. The van der Waals surface area contributed by atoms with Gasteiger partial charge in [-0.2, -0.15) is 0 Å². The first-order valence-electron chi connectivity index (χ1n) is 9.64. The number of hydrogen-bond acceptors (Lipinski definition) is 4. The molecule has 0 saturated heterocycles. The minimum absolute atomic E-state index is 0.0316. The van der Waals surface area contributed by atoms with Crippen LogP contribution in [0, 0.1) is 0 Å². The number of aromatic nitrogens is 1. The van der Waals surface area contributed by atoms with E-state index >= 15 is 0 Å². The van der Waals surface area contributed by atoms with Crippen LogP contribution in [0.2, 0.25) is 0 Å². The van der Waals surface area contributed by atoms with E-state index in [2.05, 4.69) is 0 Å². The first-order valence-corrected chi connectivity index (χ1v) is 10.5. The number of carbonyl (C=O) groups is 1. The topological polar surface area (TPSA) is 42.4 Å². The third kappa shape index (κ3) is 4.63. The molecule has 4 nitrogen and oxygen atoms in total. The number of nitrogens with zero attached hydrogens (tertiary/aromatic N) is 2. The Morgan fingerprint density at radius 1 is 0.966 bits per heavy atom. The molecule has 0 aliphatic carbocycles. The Bertz CT molecular complexity index is 1090. The third-order valence-electron chi connectivity index (χ3n) is 4.57. The molecule has 4 rings (SSSR count). The van der Waals surface area contributed by atoms with Crippen molar-refractivity contribution in [3.63, 3.8) is 0 Å². The molecule has 5 heteroatoms. The normalized spacial score (nSPS) is 10.8. The van der Waals surface area contributed by atoms with Crippen molar-refractivity contribution in [3.05, 3.63) is 90.0 Å². The Hall–Kier alpha value is -3.18. The van der Waals surface area contributed by atoms with Crippen molar-refractivity contribution in [1.29, 1.82) is 0 Å². The molecule has 4 aromatic rings. The van der Waals surface area contributed by atoms with Gasteiger partial charge in [0.2, 0.25) is 5.91 Å². The number of amides is 1. The summed E-state index contributed by atoms with van der Waals surface area (Å²) < 4.78 is 6.61. The van der Waals surface area contributed by atoms with Crippen molar-refractivity contribution in [2.24, 2.45) is 0 Å². The van der Waals surface area contributed by atoms with Crippen LogP contribution in [0.25, 0.3) is 10.2 Å². The molecule has 1 amide bonds. The Balaban J connectivity index is 1.67. The van der Waals surface area contributed by atoms with Gasteiger partial charge >= 0.3 is 0 Å². The van der Waals surface area contributed by atoms with Crippen molar-refractivity contribution in [2.75, 3.05) is 11.5 Å². The van der Waals surface area contributed by atoms with E-state index in [1.807, 2.05) is 85.8 Å². The van der Waals surface area contributed by atoms with E-state index in [0.29, 0.717) is 24.7 Å². The van der Waals surface area contributed by atoms with Crippen LogP contribution in [0.15, 0.2) is 78.9 Å². The largest absolute Gasteiger partial charge is 0.494 e. The van der Waals surface area contributed by atoms with Gasteiger partial charge < -0.3 is 4.74 Å². The second-order valence-corrected chi connectivity index (χ2v) is 7.70. The molecule has 0 atom stereocenters. The van der Waals surface area contributed by atoms with E-state index in [9.17, 15) is 4.79 Å². The van der Waals surface area contributed by atoms with Gasteiger partial charge in [0.25, 0.3) is 0 Å². The highest BCUT2D eigenvalue weighted by atomic mass is 32.1. The van der Waals surface area contributed by atoms with Gasteiger partial charge in [-0.25, -0.2) is 4.98 Å². The predicted molar refractivity (Wildman–Crippen MR) is 119 cm³/mol. The average Bonchev–Trinajstić information content (AvgIpc) is 3.16. The summed E-state index contributed by atoms with van der Waals surface area (Å²) in [5.41, 5.74) is 2.94. The average molecular weight is 403 g/mol. The van der Waals surface area contributed by atoms with Crippen molar-refractivity contribution >= 4 is 32.6 Å². The molecule has 0 aliphatic heterocycles. The molecule has 1 aromatic heterocycles. The van der Waals surface area contributed by atoms with Crippen LogP contribution in [0.5, 0.6) is 5.75 Å². The third-order valence-corrected chi connectivity index (χ3v) is 5.61. The van der Waals surface area contributed by atoms with Gasteiger partial charge in [-0.1, -0.05) is 72.0 Å². The van der Waals surface area contributed by atoms with Crippen LogP contribution in [0.1, 0.15) is 18.1 Å². The zero-order chi connectivity index (χ0) is 20.1. The summed E-state index contributed by atoms with van der Waals surface area (Å²) in [6.07, 6.45) is 0.341. The molecule has 3 aromatic carbocycles. The number of fused-ring (bicyclic) bond motifs is 1. The molecule has 0 saturated carbocycles. The number of anilines is 1. The second-order valence-electron chi connectivity index (χ2n) is 6.69. The van der Waals surface area contributed by atoms with E-state index in [1.165, 1.54) is 11.3 Å². The highest BCUT2D eigenvalue weighted by molar-refractivity contribution is 7.22. The molecule has 0 spiro atoms. The minimum Gasteiger partial charge on any atom is -0.494 e. The number of carbonyl (C=O) groups excluding carboxylic acids is 1. The Morgan fingerprint density at radius 3 is 2.34 bits per heavy atom. The molecular formula is C24H22N2O2S. The quantitative estimate of drug-likeness (QED) is 0.412. The molecule has 0 aliphatic rings. The SMILES string of the molecule is CCOc1ccc2nc(N(Cc3ccccc3)C(=O)Cc3ccccc3)sc2c1. The maximum atomic E-state index is 13.2. The predicted octanol–water partition coefficient (Wildman–Crippen LogP) is 5.47. The number of rotatable bonds is 7. The molecule has 29 heavy (non-hydrogen) atoms. The fraction of sp³-hybridized carbons (Fsp3) is 0.167. The van der Waals surface area contributed by atoms with Gasteiger partial charge in [-0.15, -0.1) is 0 Å². The summed E-state index contributed by atoms with van der Waals surface area (Å²) >= 11 is 1.52. The van der Waals surface area contributed by atoms with Crippen LogP contribution in [-0.2, 0) is 17.8 Å². The lowest BCUT2D eigenvalue weighted by Crippen LogP contribution is -2.31. The lowest BCUT2D eigenvalue weighted by Gasteiger charge is -2.20. The van der Waals surface area contributed by atoms with Crippen LogP contribution < -0.4 is 9.64 Å². The molecule has 0 fully saturated rings. The number of thiazole rings is 1.